The summed E-state index contributed by atoms with van der Waals surface area (Å²) in [7, 11) is 3.25. The molecule has 0 unspecified atom stereocenters. The van der Waals surface area contributed by atoms with E-state index < -0.39 is 0 Å². The molecule has 3 rings (SSSR count). The summed E-state index contributed by atoms with van der Waals surface area (Å²) < 4.78 is 10.6. The predicted molar refractivity (Wildman–Crippen MR) is 127 cm³/mol. The average Bonchev–Trinajstić information content (AvgIpc) is 3.10. The molecule has 2 aromatic carbocycles. The number of hydrogen-bond donors (Lipinski definition) is 3. The Bertz CT molecular complexity index is 891. The Hall–Kier alpha value is -2.42. The monoisotopic (exact) mass is 494 g/mol. The van der Waals surface area contributed by atoms with E-state index in [-0.39, 0.29) is 24.0 Å². The van der Waals surface area contributed by atoms with E-state index in [1.54, 1.807) is 14.2 Å². The highest BCUT2D eigenvalue weighted by molar-refractivity contribution is 14.0. The molecule has 3 aromatic rings. The number of aromatic nitrogens is 1. The zero-order valence-electron chi connectivity index (χ0n) is 16.4. The van der Waals surface area contributed by atoms with Crippen LogP contribution in [0.1, 0.15) is 12.6 Å². The van der Waals surface area contributed by atoms with Gasteiger partial charge < -0.3 is 25.1 Å². The molecular formula is C21H27IN4O2. The van der Waals surface area contributed by atoms with Gasteiger partial charge >= 0.3 is 0 Å². The highest BCUT2D eigenvalue weighted by Gasteiger charge is 2.06. The molecule has 0 spiro atoms. The topological polar surface area (TPSA) is 70.7 Å². The molecule has 3 N–H and O–H groups in total. The van der Waals surface area contributed by atoms with Crippen molar-refractivity contribution in [2.24, 2.45) is 4.99 Å². The molecule has 0 saturated heterocycles. The van der Waals surface area contributed by atoms with Gasteiger partial charge in [-0.1, -0.05) is 18.2 Å². The van der Waals surface area contributed by atoms with Crippen LogP contribution in [0.5, 0.6) is 11.5 Å². The number of aromatic amines is 1. The van der Waals surface area contributed by atoms with E-state index in [1.807, 2.05) is 31.2 Å². The fourth-order valence-electron chi connectivity index (χ4n) is 2.91. The number of aliphatic imine (C=N–C) groups is 1. The van der Waals surface area contributed by atoms with Crippen molar-refractivity contribution < 1.29 is 9.47 Å². The maximum absolute atomic E-state index is 5.36. The standard InChI is InChI=1S/C21H26N4O2.HI/c1-4-22-21(25-16-9-10-19(26-2)20(14-16)27-3)23-12-11-17-13-15-7-5-6-8-18(15)24-17;/h5-10,13-14,24H,4,11-12H2,1-3H3,(H2,22,23,25);1H. The highest BCUT2D eigenvalue weighted by atomic mass is 127. The maximum atomic E-state index is 5.36. The quantitative estimate of drug-likeness (QED) is 0.258. The van der Waals surface area contributed by atoms with Crippen LogP contribution in [0.3, 0.4) is 0 Å². The first-order chi connectivity index (χ1) is 13.2. The van der Waals surface area contributed by atoms with Crippen LogP contribution in [0.4, 0.5) is 5.69 Å². The minimum atomic E-state index is 0. The lowest BCUT2D eigenvalue weighted by molar-refractivity contribution is 0.355. The summed E-state index contributed by atoms with van der Waals surface area (Å²) in [4.78, 5) is 8.11. The second kappa shape index (κ2) is 10.8. The van der Waals surface area contributed by atoms with Gasteiger partial charge in [0.05, 0.1) is 14.2 Å². The third kappa shape index (κ3) is 5.54. The van der Waals surface area contributed by atoms with E-state index >= 15 is 0 Å². The van der Waals surface area contributed by atoms with Crippen LogP contribution < -0.4 is 20.1 Å². The average molecular weight is 494 g/mol. The molecule has 0 saturated carbocycles. The molecule has 1 heterocycles. The first-order valence-corrected chi connectivity index (χ1v) is 9.07. The number of halogens is 1. The van der Waals surface area contributed by atoms with Crippen molar-refractivity contribution in [3.8, 4) is 11.5 Å². The molecule has 28 heavy (non-hydrogen) atoms. The van der Waals surface area contributed by atoms with Gasteiger partial charge in [-0.15, -0.1) is 24.0 Å². The Kier molecular flexibility index (Phi) is 8.43. The van der Waals surface area contributed by atoms with Crippen LogP contribution in [-0.2, 0) is 6.42 Å². The van der Waals surface area contributed by atoms with Crippen molar-refractivity contribution in [3.63, 3.8) is 0 Å². The Balaban J connectivity index is 0.00000280. The van der Waals surface area contributed by atoms with E-state index in [2.05, 4.69) is 44.9 Å². The molecule has 0 fully saturated rings. The van der Waals surface area contributed by atoms with Gasteiger partial charge in [0, 0.05) is 42.5 Å². The SMILES string of the molecule is CCNC(=NCCc1cc2ccccc2[nH]1)Nc1ccc(OC)c(OC)c1.I. The summed E-state index contributed by atoms with van der Waals surface area (Å²) in [5.74, 6) is 2.11. The Morgan fingerprint density at radius 1 is 1.04 bits per heavy atom. The molecular weight excluding hydrogens is 467 g/mol. The Labute approximate surface area is 182 Å². The van der Waals surface area contributed by atoms with E-state index in [1.165, 1.54) is 11.1 Å². The molecule has 0 aliphatic heterocycles. The zero-order chi connectivity index (χ0) is 19.1. The lowest BCUT2D eigenvalue weighted by Gasteiger charge is -2.13. The number of anilines is 1. The van der Waals surface area contributed by atoms with Crippen LogP contribution in [0.2, 0.25) is 0 Å². The molecule has 150 valence electrons. The summed E-state index contributed by atoms with van der Waals surface area (Å²) in [6, 6.07) is 16.2. The number of ether oxygens (including phenoxy) is 2. The van der Waals surface area contributed by atoms with Gasteiger partial charge in [0.1, 0.15) is 0 Å². The van der Waals surface area contributed by atoms with Crippen LogP contribution in [0.15, 0.2) is 53.5 Å². The van der Waals surface area contributed by atoms with Gasteiger partial charge in [-0.05, 0) is 36.6 Å². The van der Waals surface area contributed by atoms with Crippen LogP contribution >= 0.6 is 24.0 Å². The summed E-state index contributed by atoms with van der Waals surface area (Å²) in [6.07, 6.45) is 0.844. The third-order valence-electron chi connectivity index (χ3n) is 4.23. The first kappa shape index (κ1) is 21.9. The van der Waals surface area contributed by atoms with Crippen molar-refractivity contribution in [3.05, 3.63) is 54.2 Å². The Morgan fingerprint density at radius 3 is 2.54 bits per heavy atom. The molecule has 0 atom stereocenters. The van der Waals surface area contributed by atoms with Crippen molar-refractivity contribution in [2.75, 3.05) is 32.6 Å². The van der Waals surface area contributed by atoms with E-state index in [0.29, 0.717) is 18.0 Å². The fraction of sp³-hybridized carbons (Fsp3) is 0.286. The van der Waals surface area contributed by atoms with Crippen molar-refractivity contribution in [1.82, 2.24) is 10.3 Å². The van der Waals surface area contributed by atoms with Crippen molar-refractivity contribution in [1.29, 1.82) is 0 Å². The van der Waals surface area contributed by atoms with Crippen LogP contribution in [0, 0.1) is 0 Å². The number of guanidine groups is 1. The van der Waals surface area contributed by atoms with Gasteiger partial charge in [-0.25, -0.2) is 0 Å². The van der Waals surface area contributed by atoms with Gasteiger partial charge in [0.15, 0.2) is 17.5 Å². The molecule has 1 aromatic heterocycles. The molecule has 0 bridgehead atoms. The molecule has 6 nitrogen and oxygen atoms in total. The number of fused-ring (bicyclic) bond motifs is 1. The number of benzene rings is 2. The summed E-state index contributed by atoms with van der Waals surface area (Å²) >= 11 is 0. The summed E-state index contributed by atoms with van der Waals surface area (Å²) in [5, 5.41) is 7.81. The fourth-order valence-corrected chi connectivity index (χ4v) is 2.91. The molecule has 0 amide bonds. The second-order valence-electron chi connectivity index (χ2n) is 6.09. The van der Waals surface area contributed by atoms with E-state index in [9.17, 15) is 0 Å². The Morgan fingerprint density at radius 2 is 1.82 bits per heavy atom. The van der Waals surface area contributed by atoms with Gasteiger partial charge in [0.25, 0.3) is 0 Å². The number of H-pyrrole nitrogens is 1. The predicted octanol–water partition coefficient (Wildman–Crippen LogP) is 4.42. The number of rotatable bonds is 7. The van der Waals surface area contributed by atoms with Crippen molar-refractivity contribution in [2.45, 2.75) is 13.3 Å². The molecule has 0 radical (unpaired) electrons. The minimum Gasteiger partial charge on any atom is -0.493 e. The zero-order valence-corrected chi connectivity index (χ0v) is 18.7. The van der Waals surface area contributed by atoms with E-state index in [0.717, 1.165) is 30.1 Å². The molecule has 0 aliphatic rings. The largest absolute Gasteiger partial charge is 0.493 e. The van der Waals surface area contributed by atoms with E-state index in [4.69, 9.17) is 9.47 Å². The van der Waals surface area contributed by atoms with Crippen LogP contribution in [0.25, 0.3) is 10.9 Å². The number of para-hydroxylation sites is 1. The molecule has 0 aliphatic carbocycles. The van der Waals surface area contributed by atoms with Gasteiger partial charge in [-0.3, -0.25) is 4.99 Å². The number of methoxy groups -OCH3 is 2. The highest BCUT2D eigenvalue weighted by Crippen LogP contribution is 2.29. The van der Waals surface area contributed by atoms with Gasteiger partial charge in [-0.2, -0.15) is 0 Å². The van der Waals surface area contributed by atoms with Crippen molar-refractivity contribution >= 4 is 46.5 Å². The van der Waals surface area contributed by atoms with Gasteiger partial charge in [0.2, 0.25) is 0 Å². The smallest absolute Gasteiger partial charge is 0.195 e. The molecule has 7 heteroatoms. The number of nitrogens with one attached hydrogen (secondary N) is 3. The third-order valence-corrected chi connectivity index (χ3v) is 4.23. The number of nitrogens with zero attached hydrogens (tertiary/aromatic N) is 1. The second-order valence-corrected chi connectivity index (χ2v) is 6.09. The lowest BCUT2D eigenvalue weighted by atomic mass is 10.2. The lowest BCUT2D eigenvalue weighted by Crippen LogP contribution is -2.30. The first-order valence-electron chi connectivity index (χ1n) is 9.07. The normalized spacial score (nSPS) is 11.0. The minimum absolute atomic E-state index is 0. The summed E-state index contributed by atoms with van der Waals surface area (Å²) in [5.41, 5.74) is 3.23. The summed E-state index contributed by atoms with van der Waals surface area (Å²) in [6.45, 7) is 3.50. The van der Waals surface area contributed by atoms with Crippen LogP contribution in [-0.4, -0.2) is 38.3 Å². The number of hydrogen-bond acceptors (Lipinski definition) is 3. The maximum Gasteiger partial charge on any atom is 0.195 e.